The minimum absolute atomic E-state index is 0.127. The molecular weight excluding hydrogens is 363 g/mol. The fourth-order valence-corrected chi connectivity index (χ4v) is 4.36. The Morgan fingerprint density at radius 1 is 0.759 bits per heavy atom. The lowest BCUT2D eigenvalue weighted by molar-refractivity contribution is -0.116. The van der Waals surface area contributed by atoms with Crippen molar-refractivity contribution in [3.05, 3.63) is 107 Å². The van der Waals surface area contributed by atoms with Crippen LogP contribution in [-0.4, -0.2) is 5.78 Å². The van der Waals surface area contributed by atoms with Crippen LogP contribution >= 0.6 is 0 Å². The molecule has 0 saturated heterocycles. The van der Waals surface area contributed by atoms with Gasteiger partial charge in [-0.2, -0.15) is 0 Å². The van der Waals surface area contributed by atoms with Crippen molar-refractivity contribution in [2.45, 2.75) is 24.8 Å². The van der Waals surface area contributed by atoms with Crippen LogP contribution in [0.15, 0.2) is 90.1 Å². The highest BCUT2D eigenvalue weighted by Crippen LogP contribution is 2.44. The summed E-state index contributed by atoms with van der Waals surface area (Å²) >= 11 is 0. The number of allylic oxidation sites excluding steroid dienone is 1. The number of halogens is 1. The number of para-hydroxylation sites is 2. The molecule has 2 aliphatic rings. The van der Waals surface area contributed by atoms with Crippen molar-refractivity contribution in [1.82, 2.24) is 0 Å². The third kappa shape index (κ3) is 3.31. The molecule has 29 heavy (non-hydrogen) atoms. The van der Waals surface area contributed by atoms with E-state index in [1.165, 1.54) is 17.7 Å². The van der Waals surface area contributed by atoms with Crippen LogP contribution in [0.4, 0.5) is 15.8 Å². The maximum absolute atomic E-state index is 13.5. The molecule has 0 fully saturated rings. The Labute approximate surface area is 169 Å². The van der Waals surface area contributed by atoms with Crippen LogP contribution in [0.3, 0.4) is 0 Å². The minimum atomic E-state index is -0.314. The number of ketones is 1. The van der Waals surface area contributed by atoms with Gasteiger partial charge in [-0.05, 0) is 47.7 Å². The first kappa shape index (κ1) is 17.7. The van der Waals surface area contributed by atoms with Crippen molar-refractivity contribution in [2.24, 2.45) is 0 Å². The molecule has 3 nitrogen and oxygen atoms in total. The number of fused-ring (bicyclic) bond motifs is 1. The first-order chi connectivity index (χ1) is 14.2. The molecule has 0 spiro atoms. The summed E-state index contributed by atoms with van der Waals surface area (Å²) in [6, 6.07) is 24.2. The molecule has 2 N–H and O–H groups in total. The monoisotopic (exact) mass is 384 g/mol. The van der Waals surface area contributed by atoms with Gasteiger partial charge >= 0.3 is 0 Å². The molecule has 0 saturated carbocycles. The van der Waals surface area contributed by atoms with Crippen molar-refractivity contribution in [1.29, 1.82) is 0 Å². The van der Waals surface area contributed by atoms with Gasteiger partial charge in [0, 0.05) is 17.7 Å². The smallest absolute Gasteiger partial charge is 0.163 e. The molecule has 3 aromatic rings. The number of nitrogens with one attached hydrogen (secondary N) is 2. The summed E-state index contributed by atoms with van der Waals surface area (Å²) in [5.74, 6) is -0.00877. The normalized spacial score (nSPS) is 20.8. The third-order valence-corrected chi connectivity index (χ3v) is 5.78. The van der Waals surface area contributed by atoms with Crippen LogP contribution in [-0.2, 0) is 4.79 Å². The Kier molecular flexibility index (Phi) is 4.39. The molecule has 1 aliphatic carbocycles. The summed E-state index contributed by atoms with van der Waals surface area (Å²) < 4.78 is 13.5. The number of Topliss-reactive ketones (excluding diaryl/α,β-unsaturated/α-hetero) is 1. The number of rotatable bonds is 2. The van der Waals surface area contributed by atoms with Gasteiger partial charge in [-0.25, -0.2) is 4.39 Å². The number of hydrogen-bond acceptors (Lipinski definition) is 3. The van der Waals surface area contributed by atoms with Gasteiger partial charge in [0.25, 0.3) is 0 Å². The van der Waals surface area contributed by atoms with E-state index in [4.69, 9.17) is 0 Å². The third-order valence-electron chi connectivity index (χ3n) is 5.78. The van der Waals surface area contributed by atoms with Gasteiger partial charge in [0.15, 0.2) is 5.78 Å². The summed E-state index contributed by atoms with van der Waals surface area (Å²) in [5, 5.41) is 7.04. The topological polar surface area (TPSA) is 41.1 Å². The zero-order chi connectivity index (χ0) is 19.8. The average molecular weight is 384 g/mol. The average Bonchev–Trinajstić information content (AvgIpc) is 2.92. The highest BCUT2D eigenvalue weighted by Gasteiger charge is 2.35. The molecule has 5 rings (SSSR count). The van der Waals surface area contributed by atoms with Gasteiger partial charge in [-0.15, -0.1) is 0 Å². The van der Waals surface area contributed by atoms with Gasteiger partial charge in [0.2, 0.25) is 0 Å². The highest BCUT2D eigenvalue weighted by atomic mass is 19.1. The predicted octanol–water partition coefficient (Wildman–Crippen LogP) is 5.81. The molecule has 3 aromatic carbocycles. The predicted molar refractivity (Wildman–Crippen MR) is 113 cm³/mol. The zero-order valence-corrected chi connectivity index (χ0v) is 15.9. The summed E-state index contributed by atoms with van der Waals surface area (Å²) in [4.78, 5) is 13.4. The van der Waals surface area contributed by atoms with Crippen molar-refractivity contribution >= 4 is 17.2 Å². The molecule has 0 amide bonds. The van der Waals surface area contributed by atoms with E-state index < -0.39 is 0 Å². The van der Waals surface area contributed by atoms with E-state index in [0.29, 0.717) is 6.42 Å². The fraction of sp³-hybridized carbons (Fsp3) is 0.160. The fourth-order valence-electron chi connectivity index (χ4n) is 4.36. The lowest BCUT2D eigenvalue weighted by Crippen LogP contribution is -2.26. The SMILES string of the molecule is O=C1C[C@@H](c2ccccc2)CC2=C1[C@@H](c1ccc(F)cc1)Nc1ccccc1N2. The lowest BCUT2D eigenvalue weighted by Gasteiger charge is -2.30. The van der Waals surface area contributed by atoms with Crippen LogP contribution in [0, 0.1) is 5.82 Å². The van der Waals surface area contributed by atoms with Gasteiger partial charge in [-0.1, -0.05) is 54.6 Å². The number of carbonyl (C=O) groups excluding carboxylic acids is 1. The number of carbonyl (C=O) groups is 1. The summed E-state index contributed by atoms with van der Waals surface area (Å²) in [6.45, 7) is 0. The second-order valence-corrected chi connectivity index (χ2v) is 7.63. The molecule has 4 heteroatoms. The summed E-state index contributed by atoms with van der Waals surface area (Å²) in [5.41, 5.74) is 5.63. The summed E-state index contributed by atoms with van der Waals surface area (Å²) in [6.07, 6.45) is 1.24. The van der Waals surface area contributed by atoms with Crippen LogP contribution in [0.2, 0.25) is 0 Å². The van der Waals surface area contributed by atoms with Crippen molar-refractivity contribution < 1.29 is 9.18 Å². The van der Waals surface area contributed by atoms with Crippen molar-refractivity contribution in [3.63, 3.8) is 0 Å². The molecular formula is C25H21FN2O. The Morgan fingerprint density at radius 3 is 2.21 bits per heavy atom. The molecule has 144 valence electrons. The van der Waals surface area contributed by atoms with E-state index in [2.05, 4.69) is 22.8 Å². The molecule has 1 heterocycles. The second-order valence-electron chi connectivity index (χ2n) is 7.63. The van der Waals surface area contributed by atoms with Crippen LogP contribution in [0.1, 0.15) is 35.9 Å². The Balaban J connectivity index is 1.61. The van der Waals surface area contributed by atoms with Crippen molar-refractivity contribution in [2.75, 3.05) is 10.6 Å². The number of anilines is 2. The standard InChI is InChI=1S/C25H21FN2O/c26-19-12-10-17(11-13-19)25-24-22(27-20-8-4-5-9-21(20)28-25)14-18(15-23(24)29)16-6-2-1-3-7-16/h1-13,18,25,27-28H,14-15H2/t18-,25+/m0/s1. The van der Waals surface area contributed by atoms with Gasteiger partial charge in [-0.3, -0.25) is 4.79 Å². The molecule has 0 bridgehead atoms. The van der Waals surface area contributed by atoms with Gasteiger partial charge < -0.3 is 10.6 Å². The lowest BCUT2D eigenvalue weighted by atomic mass is 9.78. The van der Waals surface area contributed by atoms with Crippen LogP contribution in [0.25, 0.3) is 0 Å². The number of hydrogen-bond donors (Lipinski definition) is 2. The van der Waals surface area contributed by atoms with Crippen LogP contribution in [0.5, 0.6) is 0 Å². The highest BCUT2D eigenvalue weighted by molar-refractivity contribution is 6.01. The second kappa shape index (κ2) is 7.21. The van der Waals surface area contributed by atoms with Gasteiger partial charge in [0.1, 0.15) is 5.82 Å². The largest absolute Gasteiger partial charge is 0.372 e. The van der Waals surface area contributed by atoms with E-state index in [9.17, 15) is 9.18 Å². The van der Waals surface area contributed by atoms with E-state index in [-0.39, 0.29) is 23.6 Å². The van der Waals surface area contributed by atoms with E-state index in [1.54, 1.807) is 12.1 Å². The quantitative estimate of drug-likeness (QED) is 0.586. The molecule has 0 unspecified atom stereocenters. The Hall–Kier alpha value is -3.40. The van der Waals surface area contributed by atoms with Gasteiger partial charge in [0.05, 0.1) is 17.4 Å². The minimum Gasteiger partial charge on any atom is -0.372 e. The molecule has 1 aliphatic heterocycles. The Bertz CT molecular complexity index is 1090. The van der Waals surface area contributed by atoms with Crippen LogP contribution < -0.4 is 10.6 Å². The van der Waals surface area contributed by atoms with E-state index >= 15 is 0 Å². The van der Waals surface area contributed by atoms with Crippen molar-refractivity contribution in [3.8, 4) is 0 Å². The molecule has 0 radical (unpaired) electrons. The number of benzene rings is 3. The summed E-state index contributed by atoms with van der Waals surface area (Å²) in [7, 11) is 0. The van der Waals surface area contributed by atoms with E-state index in [1.807, 2.05) is 42.5 Å². The maximum atomic E-state index is 13.5. The zero-order valence-electron chi connectivity index (χ0n) is 15.9. The molecule has 0 aromatic heterocycles. The maximum Gasteiger partial charge on any atom is 0.163 e. The molecule has 2 atom stereocenters. The Morgan fingerprint density at radius 2 is 1.45 bits per heavy atom. The van der Waals surface area contributed by atoms with E-state index in [0.717, 1.165) is 34.6 Å². The first-order valence-electron chi connectivity index (χ1n) is 9.88. The first-order valence-corrected chi connectivity index (χ1v) is 9.88.